The van der Waals surface area contributed by atoms with Crippen molar-refractivity contribution in [2.75, 3.05) is 13.1 Å². The highest BCUT2D eigenvalue weighted by Gasteiger charge is 2.30. The van der Waals surface area contributed by atoms with Crippen molar-refractivity contribution in [3.63, 3.8) is 0 Å². The average Bonchev–Trinajstić information content (AvgIpc) is 3.55. The number of amides is 3. The van der Waals surface area contributed by atoms with Crippen LogP contribution in [0, 0.1) is 12.8 Å². The van der Waals surface area contributed by atoms with Gasteiger partial charge in [-0.2, -0.15) is 5.10 Å². The van der Waals surface area contributed by atoms with Crippen molar-refractivity contribution in [3.8, 4) is 0 Å². The zero-order valence-corrected chi connectivity index (χ0v) is 24.5. The number of nitrogens with zero attached hydrogens (tertiary/aromatic N) is 5. The summed E-state index contributed by atoms with van der Waals surface area (Å²) in [6.45, 7) is 7.31. The van der Waals surface area contributed by atoms with Crippen LogP contribution in [0.5, 0.6) is 0 Å². The van der Waals surface area contributed by atoms with Gasteiger partial charge in [-0.1, -0.05) is 62.4 Å². The van der Waals surface area contributed by atoms with Crippen LogP contribution in [0.25, 0.3) is 10.9 Å². The first kappa shape index (κ1) is 29.0. The highest BCUT2D eigenvalue weighted by molar-refractivity contribution is 5.88. The fourth-order valence-electron chi connectivity index (χ4n) is 5.51. The summed E-state index contributed by atoms with van der Waals surface area (Å²) < 4.78 is 3.77. The topological polar surface area (TPSA) is 114 Å². The third-order valence-electron chi connectivity index (χ3n) is 7.74. The van der Waals surface area contributed by atoms with Crippen LogP contribution in [0.2, 0.25) is 0 Å². The van der Waals surface area contributed by atoms with E-state index >= 15 is 0 Å². The Bertz CT molecular complexity index is 1540. The molecule has 1 aliphatic heterocycles. The lowest BCUT2D eigenvalue weighted by atomic mass is 10.0. The molecule has 3 amide bonds. The molecule has 2 N–H and O–H groups in total. The van der Waals surface area contributed by atoms with E-state index < -0.39 is 12.1 Å². The van der Waals surface area contributed by atoms with Crippen LogP contribution < -0.4 is 10.6 Å². The minimum absolute atomic E-state index is 0.0111. The Balaban J connectivity index is 1.41. The zero-order valence-electron chi connectivity index (χ0n) is 24.5. The minimum atomic E-state index is -0.749. The van der Waals surface area contributed by atoms with Gasteiger partial charge in [0.15, 0.2) is 0 Å². The van der Waals surface area contributed by atoms with Gasteiger partial charge in [0.1, 0.15) is 24.2 Å². The smallest absolute Gasteiger partial charge is 0.243 e. The first-order valence-corrected chi connectivity index (χ1v) is 14.6. The van der Waals surface area contributed by atoms with Crippen molar-refractivity contribution in [1.82, 2.24) is 34.9 Å². The zero-order chi connectivity index (χ0) is 29.6. The van der Waals surface area contributed by atoms with Gasteiger partial charge in [-0.15, -0.1) is 0 Å². The van der Waals surface area contributed by atoms with Crippen LogP contribution in [-0.4, -0.2) is 61.1 Å². The molecule has 2 aromatic carbocycles. The summed E-state index contributed by atoms with van der Waals surface area (Å²) in [5.41, 5.74) is 1.95. The van der Waals surface area contributed by atoms with Crippen molar-refractivity contribution < 1.29 is 14.4 Å². The van der Waals surface area contributed by atoms with E-state index in [2.05, 4.69) is 20.7 Å². The Morgan fingerprint density at radius 1 is 0.976 bits per heavy atom. The molecule has 10 nitrogen and oxygen atoms in total. The third kappa shape index (κ3) is 6.87. The fourth-order valence-corrected chi connectivity index (χ4v) is 5.51. The minimum Gasteiger partial charge on any atom is -0.344 e. The predicted octanol–water partition coefficient (Wildman–Crippen LogP) is 3.40. The number of carbonyl (C=O) groups is 3. The van der Waals surface area contributed by atoms with E-state index in [9.17, 15) is 14.4 Å². The maximum atomic E-state index is 13.6. The molecule has 0 spiro atoms. The molecule has 2 atom stereocenters. The predicted molar refractivity (Wildman–Crippen MR) is 160 cm³/mol. The van der Waals surface area contributed by atoms with E-state index in [1.54, 1.807) is 4.90 Å². The molecule has 0 fully saturated rings. The van der Waals surface area contributed by atoms with Gasteiger partial charge in [-0.05, 0) is 42.3 Å². The summed E-state index contributed by atoms with van der Waals surface area (Å²) >= 11 is 0. The molecule has 0 saturated heterocycles. The Morgan fingerprint density at radius 3 is 2.52 bits per heavy atom. The van der Waals surface area contributed by atoms with E-state index in [0.717, 1.165) is 16.5 Å². The van der Waals surface area contributed by atoms with Gasteiger partial charge in [-0.3, -0.25) is 14.4 Å². The number of hydrogen-bond acceptors (Lipinski definition) is 5. The Hall–Kier alpha value is -4.47. The maximum absolute atomic E-state index is 13.6. The third-order valence-corrected chi connectivity index (χ3v) is 7.74. The molecule has 4 aromatic rings. The number of aromatic nitrogens is 4. The van der Waals surface area contributed by atoms with Crippen LogP contribution in [0.4, 0.5) is 0 Å². The van der Waals surface area contributed by atoms with Crippen molar-refractivity contribution in [3.05, 3.63) is 84.1 Å². The summed E-state index contributed by atoms with van der Waals surface area (Å²) in [6, 6.07) is 18.5. The number of aryl methyl sites for hydroxylation is 1. The maximum Gasteiger partial charge on any atom is 0.243 e. The quantitative estimate of drug-likeness (QED) is 0.383. The summed E-state index contributed by atoms with van der Waals surface area (Å²) in [6.07, 6.45) is 2.98. The second-order valence-electron chi connectivity index (χ2n) is 11.3. The van der Waals surface area contributed by atoms with Crippen LogP contribution in [0.3, 0.4) is 0 Å². The van der Waals surface area contributed by atoms with E-state index in [0.29, 0.717) is 44.1 Å². The van der Waals surface area contributed by atoms with Crippen molar-refractivity contribution >= 4 is 28.6 Å². The lowest BCUT2D eigenvalue weighted by molar-refractivity contribution is -0.132. The molecule has 5 rings (SSSR count). The van der Waals surface area contributed by atoms with Crippen molar-refractivity contribution in [1.29, 1.82) is 0 Å². The average molecular weight is 570 g/mol. The van der Waals surface area contributed by atoms with Crippen molar-refractivity contribution in [2.45, 2.75) is 65.2 Å². The number of carbonyl (C=O) groups excluding carboxylic acids is 3. The summed E-state index contributed by atoms with van der Waals surface area (Å²) in [7, 11) is 0. The number of nitrogens with one attached hydrogen (secondary N) is 2. The van der Waals surface area contributed by atoms with Gasteiger partial charge in [0.2, 0.25) is 17.7 Å². The molecule has 3 heterocycles. The fraction of sp³-hybridized carbons (Fsp3) is 0.406. The van der Waals surface area contributed by atoms with Crippen LogP contribution in [0.15, 0.2) is 66.9 Å². The molecule has 0 saturated carbocycles. The first-order chi connectivity index (χ1) is 20.3. The number of para-hydroxylation sites is 1. The summed E-state index contributed by atoms with van der Waals surface area (Å²) in [5, 5.41) is 11.8. The molecule has 220 valence electrons. The van der Waals surface area contributed by atoms with Gasteiger partial charge in [0, 0.05) is 37.6 Å². The number of benzene rings is 2. The van der Waals surface area contributed by atoms with Gasteiger partial charge in [-0.25, -0.2) is 9.67 Å². The van der Waals surface area contributed by atoms with Crippen LogP contribution >= 0.6 is 0 Å². The van der Waals surface area contributed by atoms with Crippen molar-refractivity contribution in [2.24, 2.45) is 5.92 Å². The van der Waals surface area contributed by atoms with Crippen LogP contribution in [0.1, 0.15) is 49.9 Å². The molecule has 0 unspecified atom stereocenters. The molecule has 0 radical (unpaired) electrons. The molecule has 42 heavy (non-hydrogen) atoms. The Labute approximate surface area is 246 Å². The number of hydrogen-bond donors (Lipinski definition) is 2. The largest absolute Gasteiger partial charge is 0.344 e. The molecule has 2 aromatic heterocycles. The molecule has 1 aliphatic rings. The van der Waals surface area contributed by atoms with E-state index in [-0.39, 0.29) is 36.6 Å². The summed E-state index contributed by atoms with van der Waals surface area (Å²) in [5.74, 6) is 0.745. The molecule has 10 heteroatoms. The number of rotatable bonds is 5. The SMILES string of the molecule is Cc1nc2n(n1)CCN(C(=O)Cn1ccc3ccccc31)CCCC(=O)N[C@@H](Cc1ccccc1)C(=O)N[C@@H]2C(C)C. The summed E-state index contributed by atoms with van der Waals surface area (Å²) in [4.78, 5) is 46.8. The van der Waals surface area contributed by atoms with Gasteiger partial charge in [0.25, 0.3) is 0 Å². The van der Waals surface area contributed by atoms with Gasteiger partial charge < -0.3 is 20.1 Å². The monoisotopic (exact) mass is 569 g/mol. The van der Waals surface area contributed by atoms with Gasteiger partial charge >= 0.3 is 0 Å². The molecular formula is C32H39N7O3. The lowest BCUT2D eigenvalue weighted by Crippen LogP contribution is -2.50. The Morgan fingerprint density at radius 2 is 1.74 bits per heavy atom. The second-order valence-corrected chi connectivity index (χ2v) is 11.3. The highest BCUT2D eigenvalue weighted by Crippen LogP contribution is 2.22. The normalized spacial score (nSPS) is 18.8. The standard InChI is InChI=1S/C32H39N7O3/c1-22(2)30-31-33-23(3)36-39(31)19-18-37(29(41)21-38-17-15-25-12-7-8-13-27(25)38)16-9-14-28(40)34-26(32(42)35-30)20-24-10-5-4-6-11-24/h4-8,10-13,15,17,22,26,30H,9,14,16,18-21H2,1-3H3,(H,34,40)(H,35,42)/t26-,30+/m0/s1. The Kier molecular flexibility index (Phi) is 9.00. The van der Waals surface area contributed by atoms with E-state index in [1.807, 2.05) is 96.9 Å². The molecule has 0 aliphatic carbocycles. The van der Waals surface area contributed by atoms with Crippen LogP contribution in [-0.2, 0) is 33.9 Å². The lowest BCUT2D eigenvalue weighted by Gasteiger charge is -2.28. The van der Waals surface area contributed by atoms with Gasteiger partial charge in [0.05, 0.1) is 12.6 Å². The number of fused-ring (bicyclic) bond motifs is 2. The molecule has 0 bridgehead atoms. The van der Waals surface area contributed by atoms with E-state index in [1.165, 1.54) is 0 Å². The molecular weight excluding hydrogens is 530 g/mol. The van der Waals surface area contributed by atoms with E-state index in [4.69, 9.17) is 0 Å². The highest BCUT2D eigenvalue weighted by atomic mass is 16.2. The first-order valence-electron chi connectivity index (χ1n) is 14.6. The second kappa shape index (κ2) is 13.0.